The van der Waals surface area contributed by atoms with E-state index in [9.17, 15) is 22.8 Å². The van der Waals surface area contributed by atoms with Gasteiger partial charge in [0, 0.05) is 26.2 Å². The van der Waals surface area contributed by atoms with E-state index in [4.69, 9.17) is 21.1 Å². The molecule has 11 nitrogen and oxygen atoms in total. The highest BCUT2D eigenvalue weighted by atomic mass is 35.5. The number of nitrogens with one attached hydrogen (secondary N) is 2. The van der Waals surface area contributed by atoms with Crippen LogP contribution in [0.25, 0.3) is 0 Å². The van der Waals surface area contributed by atoms with E-state index in [0.29, 0.717) is 26.1 Å². The molecule has 2 aromatic rings. The lowest BCUT2D eigenvalue weighted by molar-refractivity contribution is -0.274. The summed E-state index contributed by atoms with van der Waals surface area (Å²) in [5, 5.41) is 15.2. The summed E-state index contributed by atoms with van der Waals surface area (Å²) in [4.78, 5) is 25.4. The molecule has 1 aromatic carbocycles. The lowest BCUT2D eigenvalue weighted by Gasteiger charge is -2.23. The van der Waals surface area contributed by atoms with Crippen LogP contribution in [-0.4, -0.2) is 65.3 Å². The number of carbonyl (C=O) groups excluding carboxylic acids is 2. The van der Waals surface area contributed by atoms with Crippen molar-refractivity contribution in [3.8, 4) is 5.75 Å². The summed E-state index contributed by atoms with van der Waals surface area (Å²) in [5.74, 6) is -2.65. The number of alkyl halides is 3. The second-order valence-electron chi connectivity index (χ2n) is 6.90. The predicted octanol–water partition coefficient (Wildman–Crippen LogP) is 2.49. The topological polar surface area (TPSA) is 129 Å². The zero-order chi connectivity index (χ0) is 24.0. The van der Waals surface area contributed by atoms with E-state index in [1.165, 1.54) is 11.8 Å². The average molecular weight is 493 g/mol. The summed E-state index contributed by atoms with van der Waals surface area (Å²) in [6.45, 7) is 1.19. The maximum atomic E-state index is 12.9. The molecule has 1 aliphatic rings. The van der Waals surface area contributed by atoms with Gasteiger partial charge in [-0.2, -0.15) is 0 Å². The zero-order valence-corrected chi connectivity index (χ0v) is 18.1. The van der Waals surface area contributed by atoms with E-state index in [2.05, 4.69) is 30.9 Å². The number of anilines is 2. The van der Waals surface area contributed by atoms with E-state index < -0.39 is 40.6 Å². The van der Waals surface area contributed by atoms with Crippen LogP contribution in [0.3, 0.4) is 0 Å². The fraction of sp³-hybridized carbons (Fsp3) is 0.500. The van der Waals surface area contributed by atoms with Crippen LogP contribution >= 0.6 is 11.6 Å². The second-order valence-corrected chi connectivity index (χ2v) is 7.27. The second kappa shape index (κ2) is 10.8. The van der Waals surface area contributed by atoms with Crippen molar-refractivity contribution in [2.75, 3.05) is 37.6 Å². The van der Waals surface area contributed by atoms with Crippen LogP contribution in [0.5, 0.6) is 5.75 Å². The van der Waals surface area contributed by atoms with Crippen molar-refractivity contribution in [3.05, 3.63) is 22.7 Å². The monoisotopic (exact) mass is 492 g/mol. The van der Waals surface area contributed by atoms with E-state index in [1.807, 2.05) is 0 Å². The SMILES string of the molecule is COCCn1nnnc1NC(=O)c1ccc(OC(F)(F)F)c(NC(=O)C2CCOCC2)c1Cl. The van der Waals surface area contributed by atoms with Gasteiger partial charge in [0.05, 0.1) is 23.7 Å². The minimum Gasteiger partial charge on any atom is -0.404 e. The van der Waals surface area contributed by atoms with Crippen molar-refractivity contribution in [1.82, 2.24) is 20.2 Å². The number of rotatable bonds is 8. The van der Waals surface area contributed by atoms with Crippen molar-refractivity contribution >= 4 is 35.1 Å². The normalized spacial score (nSPS) is 14.7. The molecule has 0 spiro atoms. The molecule has 0 unspecified atom stereocenters. The van der Waals surface area contributed by atoms with Crippen molar-refractivity contribution in [2.45, 2.75) is 25.7 Å². The fourth-order valence-corrected chi connectivity index (χ4v) is 3.33. The lowest BCUT2D eigenvalue weighted by Crippen LogP contribution is -2.29. The highest BCUT2D eigenvalue weighted by Gasteiger charge is 2.34. The van der Waals surface area contributed by atoms with E-state index >= 15 is 0 Å². The van der Waals surface area contributed by atoms with Gasteiger partial charge in [0.25, 0.3) is 5.91 Å². The summed E-state index contributed by atoms with van der Waals surface area (Å²) < 4.78 is 54.1. The minimum absolute atomic E-state index is 0.0310. The van der Waals surface area contributed by atoms with Crippen molar-refractivity contribution in [3.63, 3.8) is 0 Å². The maximum Gasteiger partial charge on any atom is 0.573 e. The molecular weight excluding hydrogens is 473 g/mol. The Morgan fingerprint density at radius 2 is 2.00 bits per heavy atom. The van der Waals surface area contributed by atoms with Crippen molar-refractivity contribution < 1.29 is 37.0 Å². The van der Waals surface area contributed by atoms with Crippen molar-refractivity contribution in [2.24, 2.45) is 5.92 Å². The van der Waals surface area contributed by atoms with Crippen LogP contribution in [0, 0.1) is 5.92 Å². The van der Waals surface area contributed by atoms with Gasteiger partial charge >= 0.3 is 6.36 Å². The Morgan fingerprint density at radius 3 is 2.67 bits per heavy atom. The maximum absolute atomic E-state index is 12.9. The van der Waals surface area contributed by atoms with Gasteiger partial charge < -0.3 is 19.5 Å². The molecule has 33 heavy (non-hydrogen) atoms. The zero-order valence-electron chi connectivity index (χ0n) is 17.3. The van der Waals surface area contributed by atoms with Gasteiger partial charge in [-0.15, -0.1) is 13.2 Å². The smallest absolute Gasteiger partial charge is 0.404 e. The van der Waals surface area contributed by atoms with Gasteiger partial charge in [-0.25, -0.2) is 4.68 Å². The number of tetrazole rings is 1. The summed E-state index contributed by atoms with van der Waals surface area (Å²) in [6, 6.07) is 1.92. The molecule has 1 aliphatic heterocycles. The van der Waals surface area contributed by atoms with Crippen LogP contribution < -0.4 is 15.4 Å². The Labute approximate surface area is 190 Å². The van der Waals surface area contributed by atoms with Gasteiger partial charge in [-0.1, -0.05) is 16.7 Å². The van der Waals surface area contributed by atoms with Crippen molar-refractivity contribution in [1.29, 1.82) is 0 Å². The average Bonchev–Trinajstić information content (AvgIpc) is 3.21. The number of carbonyl (C=O) groups is 2. The molecule has 0 saturated carbocycles. The fourth-order valence-electron chi connectivity index (χ4n) is 3.04. The molecule has 1 aromatic heterocycles. The summed E-state index contributed by atoms with van der Waals surface area (Å²) in [5.41, 5.74) is -0.702. The number of hydrogen-bond acceptors (Lipinski definition) is 8. The number of aromatic nitrogens is 4. The molecule has 15 heteroatoms. The Bertz CT molecular complexity index is 996. The van der Waals surface area contributed by atoms with Crippen LogP contribution in [0.2, 0.25) is 5.02 Å². The molecular formula is C18H20ClF3N6O5. The number of amides is 2. The summed E-state index contributed by atoms with van der Waals surface area (Å²) in [7, 11) is 1.48. The molecule has 2 N–H and O–H groups in total. The highest BCUT2D eigenvalue weighted by Crippen LogP contribution is 2.39. The van der Waals surface area contributed by atoms with E-state index in [1.54, 1.807) is 0 Å². The Morgan fingerprint density at radius 1 is 1.27 bits per heavy atom. The van der Waals surface area contributed by atoms with Gasteiger partial charge in [0.1, 0.15) is 5.69 Å². The van der Waals surface area contributed by atoms with Crippen LogP contribution in [0.1, 0.15) is 23.2 Å². The molecule has 1 saturated heterocycles. The van der Waals surface area contributed by atoms with Gasteiger partial charge in [0.2, 0.25) is 11.9 Å². The number of hydrogen-bond donors (Lipinski definition) is 2. The Kier molecular flexibility index (Phi) is 8.05. The van der Waals surface area contributed by atoms with Crippen LogP contribution in [0.15, 0.2) is 12.1 Å². The quantitative estimate of drug-likeness (QED) is 0.575. The third-order valence-electron chi connectivity index (χ3n) is 4.68. The van der Waals surface area contributed by atoms with Crippen LogP contribution in [0.4, 0.5) is 24.8 Å². The highest BCUT2D eigenvalue weighted by molar-refractivity contribution is 6.37. The van der Waals surface area contributed by atoms with Gasteiger partial charge in [0.15, 0.2) is 5.75 Å². The first-order valence-electron chi connectivity index (χ1n) is 9.73. The summed E-state index contributed by atoms with van der Waals surface area (Å²) in [6.07, 6.45) is -4.26. The van der Waals surface area contributed by atoms with E-state index in [0.717, 1.165) is 12.1 Å². The first-order valence-corrected chi connectivity index (χ1v) is 10.1. The van der Waals surface area contributed by atoms with Crippen LogP contribution in [-0.2, 0) is 20.8 Å². The lowest BCUT2D eigenvalue weighted by atomic mass is 9.99. The molecule has 0 aliphatic carbocycles. The largest absolute Gasteiger partial charge is 0.573 e. The standard InChI is InChI=1S/C18H20ClF3N6O5/c1-31-9-6-28-17(25-26-27-28)24-16(30)11-2-3-12(33-18(20,21)22)14(13(11)19)23-15(29)10-4-7-32-8-5-10/h2-3,10H,4-9H2,1H3,(H,23,29)(H,24,25,27,30). The molecule has 3 rings (SSSR count). The molecule has 0 bridgehead atoms. The minimum atomic E-state index is -5.05. The first kappa shape index (κ1) is 24.7. The number of benzene rings is 1. The Balaban J connectivity index is 1.88. The molecule has 1 fully saturated rings. The van der Waals surface area contributed by atoms with E-state index in [-0.39, 0.29) is 24.7 Å². The molecule has 0 atom stereocenters. The number of halogens is 4. The molecule has 2 heterocycles. The number of nitrogens with zero attached hydrogens (tertiary/aromatic N) is 4. The third-order valence-corrected chi connectivity index (χ3v) is 5.07. The summed E-state index contributed by atoms with van der Waals surface area (Å²) >= 11 is 6.26. The van der Waals surface area contributed by atoms with Gasteiger partial charge in [-0.05, 0) is 35.4 Å². The predicted molar refractivity (Wildman–Crippen MR) is 108 cm³/mol. The first-order chi connectivity index (χ1) is 15.7. The number of methoxy groups -OCH3 is 1. The molecule has 2 amide bonds. The molecule has 0 radical (unpaired) electrons. The Hall–Kier alpha value is -2.97. The third kappa shape index (κ3) is 6.52. The number of ether oxygens (including phenoxy) is 3. The molecule has 180 valence electrons. The van der Waals surface area contributed by atoms with Gasteiger partial charge in [-0.3, -0.25) is 14.9 Å².